The van der Waals surface area contributed by atoms with Crippen LogP contribution in [0.25, 0.3) is 0 Å². The molecule has 1 aromatic rings. The van der Waals surface area contributed by atoms with Crippen molar-refractivity contribution >= 4 is 27.3 Å². The van der Waals surface area contributed by atoms with Crippen LogP contribution in [0.15, 0.2) is 16.6 Å². The van der Waals surface area contributed by atoms with Gasteiger partial charge in [0.15, 0.2) is 0 Å². The molecule has 1 heterocycles. The van der Waals surface area contributed by atoms with E-state index in [1.165, 1.54) is 0 Å². The molecular weight excluding hydrogens is 300 g/mol. The molecule has 0 amide bonds. The molecule has 1 aliphatic rings. The number of rotatable bonds is 2. The lowest BCUT2D eigenvalue weighted by Gasteiger charge is -2.36. The van der Waals surface area contributed by atoms with Crippen molar-refractivity contribution in [1.29, 1.82) is 0 Å². The van der Waals surface area contributed by atoms with Gasteiger partial charge in [-0.25, -0.2) is 0 Å². The first kappa shape index (κ1) is 13.3. The normalized spacial score (nSPS) is 19.9. The van der Waals surface area contributed by atoms with E-state index in [0.717, 1.165) is 16.7 Å². The molecule has 0 aromatic heterocycles. The lowest BCUT2D eigenvalue weighted by Crippen LogP contribution is -2.43. The van der Waals surface area contributed by atoms with E-state index in [0.29, 0.717) is 18.8 Å². The largest absolute Gasteiger partial charge is 0.377 e. The number of halogens is 1. The smallest absolute Gasteiger partial charge is 0.273 e. The zero-order valence-corrected chi connectivity index (χ0v) is 11.9. The highest BCUT2D eigenvalue weighted by molar-refractivity contribution is 9.10. The summed E-state index contributed by atoms with van der Waals surface area (Å²) in [4.78, 5) is 12.7. The minimum absolute atomic E-state index is 0.145. The Morgan fingerprint density at radius 1 is 1.56 bits per heavy atom. The van der Waals surface area contributed by atoms with E-state index >= 15 is 0 Å². The van der Waals surface area contributed by atoms with Gasteiger partial charge in [-0.1, -0.05) is 0 Å². The summed E-state index contributed by atoms with van der Waals surface area (Å²) in [5.74, 6) is 0. The Kier molecular flexibility index (Phi) is 3.87. The molecule has 98 valence electrons. The van der Waals surface area contributed by atoms with E-state index in [4.69, 9.17) is 4.74 Å². The lowest BCUT2D eigenvalue weighted by molar-refractivity contribution is -0.385. The molecule has 0 N–H and O–H groups in total. The molecule has 0 aliphatic carbocycles. The Morgan fingerprint density at radius 3 is 2.89 bits per heavy atom. The first-order valence-electron chi connectivity index (χ1n) is 5.79. The van der Waals surface area contributed by atoms with Crippen molar-refractivity contribution in [3.63, 3.8) is 0 Å². The number of ether oxygens (including phenoxy) is 1. The van der Waals surface area contributed by atoms with Crippen LogP contribution in [0, 0.1) is 17.0 Å². The maximum Gasteiger partial charge on any atom is 0.273 e. The van der Waals surface area contributed by atoms with Crippen LogP contribution in [0.3, 0.4) is 0 Å². The van der Waals surface area contributed by atoms with E-state index in [1.807, 2.05) is 6.07 Å². The van der Waals surface area contributed by atoms with Gasteiger partial charge in [0.1, 0.15) is 0 Å². The molecule has 0 saturated carbocycles. The van der Waals surface area contributed by atoms with Crippen LogP contribution in [0.4, 0.5) is 11.4 Å². The average molecular weight is 315 g/mol. The lowest BCUT2D eigenvalue weighted by atomic mass is 10.1. The second kappa shape index (κ2) is 5.24. The van der Waals surface area contributed by atoms with Gasteiger partial charge in [0.25, 0.3) is 5.69 Å². The summed E-state index contributed by atoms with van der Waals surface area (Å²) in [7, 11) is 0. The van der Waals surface area contributed by atoms with Crippen LogP contribution in [-0.4, -0.2) is 30.7 Å². The van der Waals surface area contributed by atoms with E-state index in [9.17, 15) is 10.1 Å². The number of benzene rings is 1. The van der Waals surface area contributed by atoms with E-state index in [2.05, 4.69) is 27.8 Å². The quantitative estimate of drug-likeness (QED) is 0.622. The van der Waals surface area contributed by atoms with Crippen molar-refractivity contribution < 1.29 is 9.66 Å². The third-order valence-electron chi connectivity index (χ3n) is 3.14. The maximum absolute atomic E-state index is 10.9. The Hall–Kier alpha value is -1.14. The van der Waals surface area contributed by atoms with Crippen LogP contribution in [-0.2, 0) is 4.74 Å². The minimum Gasteiger partial charge on any atom is -0.377 e. The van der Waals surface area contributed by atoms with E-state index in [1.54, 1.807) is 13.0 Å². The second-order valence-corrected chi connectivity index (χ2v) is 5.32. The third-order valence-corrected chi connectivity index (χ3v) is 3.77. The Bertz CT molecular complexity index is 479. The highest BCUT2D eigenvalue weighted by Gasteiger charge is 2.23. The van der Waals surface area contributed by atoms with Gasteiger partial charge in [0.05, 0.1) is 23.8 Å². The van der Waals surface area contributed by atoms with Gasteiger partial charge in [-0.2, -0.15) is 0 Å². The van der Waals surface area contributed by atoms with Crippen LogP contribution in [0.1, 0.15) is 12.5 Å². The predicted octanol–water partition coefficient (Wildman–Crippen LogP) is 2.89. The monoisotopic (exact) mass is 314 g/mol. The second-order valence-electron chi connectivity index (χ2n) is 4.46. The fourth-order valence-electron chi connectivity index (χ4n) is 2.16. The molecule has 1 aromatic carbocycles. The molecule has 0 spiro atoms. The average Bonchev–Trinajstić information content (AvgIpc) is 2.32. The van der Waals surface area contributed by atoms with E-state index in [-0.39, 0.29) is 16.7 Å². The van der Waals surface area contributed by atoms with Gasteiger partial charge in [-0.3, -0.25) is 10.1 Å². The molecule has 5 nitrogen and oxygen atoms in total. The molecule has 1 fully saturated rings. The fourth-order valence-corrected chi connectivity index (χ4v) is 2.72. The first-order chi connectivity index (χ1) is 8.50. The van der Waals surface area contributed by atoms with Crippen molar-refractivity contribution in [1.82, 2.24) is 0 Å². The predicted molar refractivity (Wildman–Crippen MR) is 73.2 cm³/mol. The summed E-state index contributed by atoms with van der Waals surface area (Å²) in [6.45, 7) is 6.02. The number of nitrogens with zero attached hydrogens (tertiary/aromatic N) is 2. The minimum atomic E-state index is -0.355. The van der Waals surface area contributed by atoms with E-state index < -0.39 is 0 Å². The van der Waals surface area contributed by atoms with Gasteiger partial charge in [-0.15, -0.1) is 0 Å². The Balaban J connectivity index is 2.39. The molecule has 0 radical (unpaired) electrons. The number of nitro groups is 1. The summed E-state index contributed by atoms with van der Waals surface area (Å²) >= 11 is 3.43. The maximum atomic E-state index is 10.9. The molecule has 1 saturated heterocycles. The number of morpholine rings is 1. The van der Waals surface area contributed by atoms with Crippen molar-refractivity contribution in [3.05, 3.63) is 32.3 Å². The molecule has 18 heavy (non-hydrogen) atoms. The van der Waals surface area contributed by atoms with Gasteiger partial charge < -0.3 is 9.64 Å². The number of hydrogen-bond acceptors (Lipinski definition) is 4. The van der Waals surface area contributed by atoms with Crippen LogP contribution < -0.4 is 4.90 Å². The fraction of sp³-hybridized carbons (Fsp3) is 0.500. The Labute approximate surface area is 114 Å². The highest BCUT2D eigenvalue weighted by Crippen LogP contribution is 2.34. The summed E-state index contributed by atoms with van der Waals surface area (Å²) in [6.07, 6.45) is 0. The first-order valence-corrected chi connectivity index (χ1v) is 6.59. The molecule has 0 bridgehead atoms. The third kappa shape index (κ3) is 2.49. The van der Waals surface area contributed by atoms with Crippen molar-refractivity contribution in [2.45, 2.75) is 19.9 Å². The summed E-state index contributed by atoms with van der Waals surface area (Å²) < 4.78 is 6.16. The van der Waals surface area contributed by atoms with Gasteiger partial charge >= 0.3 is 0 Å². The van der Waals surface area contributed by atoms with Crippen LogP contribution >= 0.6 is 15.9 Å². The molecule has 2 rings (SSSR count). The van der Waals surface area contributed by atoms with Crippen molar-refractivity contribution in [2.75, 3.05) is 24.7 Å². The highest BCUT2D eigenvalue weighted by atomic mass is 79.9. The molecule has 1 aliphatic heterocycles. The molecule has 1 unspecified atom stereocenters. The summed E-state index contributed by atoms with van der Waals surface area (Å²) in [5, 5.41) is 10.9. The topological polar surface area (TPSA) is 55.6 Å². The van der Waals surface area contributed by atoms with Gasteiger partial charge in [0.2, 0.25) is 0 Å². The summed E-state index contributed by atoms with van der Waals surface area (Å²) in [5.41, 5.74) is 1.82. The standard InChI is InChI=1S/C12H15BrN2O3/c1-8-5-12(10(13)6-11(8)15(16)17)14-3-4-18-7-9(14)2/h5-6,9H,3-4,7H2,1-2H3. The SMILES string of the molecule is Cc1cc(N2CCOCC2C)c(Br)cc1[N+](=O)[O-]. The van der Waals surface area contributed by atoms with Gasteiger partial charge in [-0.05, 0) is 35.8 Å². The summed E-state index contributed by atoms with van der Waals surface area (Å²) in [6, 6.07) is 3.72. The number of hydrogen-bond donors (Lipinski definition) is 0. The molecular formula is C12H15BrN2O3. The van der Waals surface area contributed by atoms with Crippen LogP contribution in [0.2, 0.25) is 0 Å². The number of aryl methyl sites for hydroxylation is 1. The van der Waals surface area contributed by atoms with Crippen molar-refractivity contribution in [3.8, 4) is 0 Å². The van der Waals surface area contributed by atoms with Crippen molar-refractivity contribution in [2.24, 2.45) is 0 Å². The number of anilines is 1. The molecule has 6 heteroatoms. The zero-order valence-electron chi connectivity index (χ0n) is 10.4. The number of nitro benzene ring substituents is 1. The Morgan fingerprint density at radius 2 is 2.28 bits per heavy atom. The van der Waals surface area contributed by atoms with Crippen LogP contribution in [0.5, 0.6) is 0 Å². The zero-order chi connectivity index (χ0) is 13.3. The van der Waals surface area contributed by atoms with Gasteiger partial charge in [0, 0.05) is 28.7 Å². The molecule has 1 atom stereocenters.